The van der Waals surface area contributed by atoms with Crippen LogP contribution in [0.4, 0.5) is 14.6 Å². The number of nitrogens with zero attached hydrogens (tertiary/aromatic N) is 5. The summed E-state index contributed by atoms with van der Waals surface area (Å²) in [5.74, 6) is -3.83. The second kappa shape index (κ2) is 10.0. The summed E-state index contributed by atoms with van der Waals surface area (Å²) in [6.45, 7) is 4.25. The van der Waals surface area contributed by atoms with Crippen LogP contribution in [-0.4, -0.2) is 41.7 Å². The molecule has 14 heteroatoms. The van der Waals surface area contributed by atoms with Crippen LogP contribution in [0.3, 0.4) is 0 Å². The molecule has 0 saturated heterocycles. The van der Waals surface area contributed by atoms with Crippen LogP contribution in [0.2, 0.25) is 5.02 Å². The van der Waals surface area contributed by atoms with Gasteiger partial charge in [0.15, 0.2) is 5.82 Å². The van der Waals surface area contributed by atoms with Crippen molar-refractivity contribution in [1.29, 1.82) is 0 Å². The molecule has 10 nitrogen and oxygen atoms in total. The fourth-order valence-corrected chi connectivity index (χ4v) is 4.19. The zero-order chi connectivity index (χ0) is 26.0. The molecule has 0 aromatic carbocycles. The summed E-state index contributed by atoms with van der Waals surface area (Å²) < 4.78 is 27.4. The standard InChI is InChI=1S/C22H19ClF2N8O2S/c1-10-6-27-18(31-10)14-5-15(30-9-29-14)19(34)32-11(2)21-28-8-16(36-21)20(35)33-17-4-12(22(3,24)25)13(23)7-26-17/h4-9,11H,1-3H3,(H,27,31)(H,32,34)(H,26,33,35)/t11-/m1/s1. The molecule has 4 aromatic rings. The summed E-state index contributed by atoms with van der Waals surface area (Å²) in [5.41, 5.74) is 0.991. The molecule has 0 radical (unpaired) electrons. The highest BCUT2D eigenvalue weighted by molar-refractivity contribution is 7.13. The number of nitrogens with one attached hydrogen (secondary N) is 3. The van der Waals surface area contributed by atoms with Crippen LogP contribution in [0, 0.1) is 6.92 Å². The molecule has 186 valence electrons. The first-order chi connectivity index (χ1) is 17.0. The minimum atomic E-state index is -3.20. The molecule has 0 aliphatic heterocycles. The Morgan fingerprint density at radius 3 is 2.56 bits per heavy atom. The SMILES string of the molecule is Cc1cnc(-c2cc(C(=O)N[C@H](C)c3ncc(C(=O)Nc4cc(C(C)(F)F)c(Cl)cn4)s3)ncn2)[nH]1. The van der Waals surface area contributed by atoms with Gasteiger partial charge in [0, 0.05) is 30.6 Å². The van der Waals surface area contributed by atoms with Gasteiger partial charge in [-0.05, 0) is 26.0 Å². The van der Waals surface area contributed by atoms with Crippen LogP contribution in [0.15, 0.2) is 37.1 Å². The number of pyridine rings is 1. The fraction of sp³-hybridized carbons (Fsp3) is 0.227. The molecular weight excluding hydrogens is 514 g/mol. The first-order valence-corrected chi connectivity index (χ1v) is 11.7. The molecule has 1 atom stereocenters. The summed E-state index contributed by atoms with van der Waals surface area (Å²) in [4.78, 5) is 49.0. The van der Waals surface area contributed by atoms with E-state index in [0.717, 1.165) is 29.3 Å². The van der Waals surface area contributed by atoms with E-state index in [4.69, 9.17) is 11.6 Å². The molecule has 4 aromatic heterocycles. The number of H-pyrrole nitrogens is 1. The topological polar surface area (TPSA) is 138 Å². The van der Waals surface area contributed by atoms with Crippen LogP contribution in [0.1, 0.15) is 56.3 Å². The number of aryl methyl sites for hydroxylation is 1. The van der Waals surface area contributed by atoms with Crippen molar-refractivity contribution in [2.24, 2.45) is 0 Å². The number of rotatable bonds is 7. The van der Waals surface area contributed by atoms with Gasteiger partial charge in [0.05, 0.1) is 17.3 Å². The zero-order valence-electron chi connectivity index (χ0n) is 19.1. The molecule has 36 heavy (non-hydrogen) atoms. The van der Waals surface area contributed by atoms with Gasteiger partial charge in [0.2, 0.25) is 0 Å². The van der Waals surface area contributed by atoms with Gasteiger partial charge in [-0.25, -0.2) is 33.7 Å². The number of hydrogen-bond acceptors (Lipinski definition) is 8. The van der Waals surface area contributed by atoms with Crippen LogP contribution in [0.5, 0.6) is 0 Å². The smallest absolute Gasteiger partial charge is 0.272 e. The van der Waals surface area contributed by atoms with E-state index >= 15 is 0 Å². The Kier molecular flexibility index (Phi) is 7.04. The van der Waals surface area contributed by atoms with E-state index in [-0.39, 0.29) is 21.4 Å². The van der Waals surface area contributed by atoms with Crippen molar-refractivity contribution >= 4 is 40.6 Å². The maximum absolute atomic E-state index is 13.7. The highest BCUT2D eigenvalue weighted by Gasteiger charge is 2.28. The van der Waals surface area contributed by atoms with Gasteiger partial charge in [-0.2, -0.15) is 0 Å². The third-order valence-electron chi connectivity index (χ3n) is 4.88. The summed E-state index contributed by atoms with van der Waals surface area (Å²) in [6.07, 6.45) is 5.29. The average molecular weight is 533 g/mol. The molecule has 2 amide bonds. The Morgan fingerprint density at radius 2 is 1.86 bits per heavy atom. The first kappa shape index (κ1) is 25.3. The lowest BCUT2D eigenvalue weighted by Crippen LogP contribution is -2.27. The molecular formula is C22H19ClF2N8O2S. The van der Waals surface area contributed by atoms with Crippen molar-refractivity contribution in [2.45, 2.75) is 32.7 Å². The van der Waals surface area contributed by atoms with Gasteiger partial charge in [-0.1, -0.05) is 11.6 Å². The van der Waals surface area contributed by atoms with E-state index in [9.17, 15) is 18.4 Å². The number of halogens is 3. The van der Waals surface area contributed by atoms with Crippen molar-refractivity contribution in [1.82, 2.24) is 35.2 Å². The monoisotopic (exact) mass is 532 g/mol. The summed E-state index contributed by atoms with van der Waals surface area (Å²) in [5, 5.41) is 5.48. The van der Waals surface area contributed by atoms with Crippen molar-refractivity contribution in [3.8, 4) is 11.5 Å². The van der Waals surface area contributed by atoms with E-state index in [1.807, 2.05) is 6.92 Å². The predicted molar refractivity (Wildman–Crippen MR) is 129 cm³/mol. The molecule has 0 fully saturated rings. The second-order valence-electron chi connectivity index (χ2n) is 7.85. The molecule has 3 N–H and O–H groups in total. The zero-order valence-corrected chi connectivity index (χ0v) is 20.7. The molecule has 0 aliphatic rings. The number of aromatic amines is 1. The van der Waals surface area contributed by atoms with E-state index in [2.05, 4.69) is 40.5 Å². The third-order valence-corrected chi connectivity index (χ3v) is 6.36. The number of imidazole rings is 1. The second-order valence-corrected chi connectivity index (χ2v) is 9.32. The lowest BCUT2D eigenvalue weighted by Gasteiger charge is -2.13. The van der Waals surface area contributed by atoms with Crippen molar-refractivity contribution in [3.05, 3.63) is 68.9 Å². The number of hydrogen-bond donors (Lipinski definition) is 3. The number of carbonyl (C=O) groups is 2. The Hall–Kier alpha value is -3.84. The van der Waals surface area contributed by atoms with Crippen molar-refractivity contribution in [2.75, 3.05) is 5.32 Å². The minimum absolute atomic E-state index is 0.0801. The van der Waals surface area contributed by atoms with E-state index in [1.54, 1.807) is 13.1 Å². The van der Waals surface area contributed by atoms with Gasteiger partial charge >= 0.3 is 0 Å². The van der Waals surface area contributed by atoms with Crippen LogP contribution in [0.25, 0.3) is 11.5 Å². The number of alkyl halides is 2. The quantitative estimate of drug-likeness (QED) is 0.317. The number of thiazole rings is 1. The molecule has 0 saturated carbocycles. The number of anilines is 1. The summed E-state index contributed by atoms with van der Waals surface area (Å²) >= 11 is 6.82. The molecule has 0 unspecified atom stereocenters. The normalized spacial score (nSPS) is 12.3. The average Bonchev–Trinajstić information content (AvgIpc) is 3.49. The van der Waals surface area contributed by atoms with Gasteiger partial charge in [-0.15, -0.1) is 11.3 Å². The third kappa shape index (κ3) is 5.69. The number of amides is 2. The van der Waals surface area contributed by atoms with Crippen LogP contribution < -0.4 is 10.6 Å². The highest BCUT2D eigenvalue weighted by Crippen LogP contribution is 2.33. The Balaban J connectivity index is 1.43. The summed E-state index contributed by atoms with van der Waals surface area (Å²) in [7, 11) is 0. The van der Waals surface area contributed by atoms with Crippen LogP contribution in [-0.2, 0) is 5.92 Å². The van der Waals surface area contributed by atoms with Crippen molar-refractivity contribution < 1.29 is 18.4 Å². The molecule has 0 spiro atoms. The van der Waals surface area contributed by atoms with E-state index in [0.29, 0.717) is 23.4 Å². The molecule has 0 aliphatic carbocycles. The van der Waals surface area contributed by atoms with Crippen molar-refractivity contribution in [3.63, 3.8) is 0 Å². The Labute approximate surface area is 212 Å². The lowest BCUT2D eigenvalue weighted by atomic mass is 10.1. The van der Waals surface area contributed by atoms with E-state index < -0.39 is 29.3 Å². The van der Waals surface area contributed by atoms with Gasteiger partial charge in [-0.3, -0.25) is 9.59 Å². The minimum Gasteiger partial charge on any atom is -0.342 e. The molecule has 4 heterocycles. The molecule has 4 rings (SSSR count). The fourth-order valence-electron chi connectivity index (χ4n) is 3.10. The summed E-state index contributed by atoms with van der Waals surface area (Å²) in [6, 6.07) is 1.98. The molecule has 0 bridgehead atoms. The number of carbonyl (C=O) groups excluding carboxylic acids is 2. The van der Waals surface area contributed by atoms with Gasteiger partial charge < -0.3 is 15.6 Å². The maximum atomic E-state index is 13.7. The largest absolute Gasteiger partial charge is 0.342 e. The Morgan fingerprint density at radius 1 is 1.08 bits per heavy atom. The van der Waals surface area contributed by atoms with Crippen LogP contribution >= 0.6 is 22.9 Å². The highest BCUT2D eigenvalue weighted by atomic mass is 35.5. The Bertz CT molecular complexity index is 1440. The van der Waals surface area contributed by atoms with Gasteiger partial charge in [0.1, 0.15) is 33.4 Å². The van der Waals surface area contributed by atoms with Gasteiger partial charge in [0.25, 0.3) is 17.7 Å². The first-order valence-electron chi connectivity index (χ1n) is 10.5. The maximum Gasteiger partial charge on any atom is 0.272 e. The van der Waals surface area contributed by atoms with E-state index in [1.165, 1.54) is 18.6 Å². The lowest BCUT2D eigenvalue weighted by molar-refractivity contribution is 0.0175. The number of aromatic nitrogens is 6. The predicted octanol–water partition coefficient (Wildman–Crippen LogP) is 4.54.